The Bertz CT molecular complexity index is 612. The van der Waals surface area contributed by atoms with Crippen molar-refractivity contribution in [3.63, 3.8) is 0 Å². The standard InChI is InChI=1S/C16H25F3N6/c1-10-23-24-14(25(10)2)9-20-15(22-13-7-8-13)21-12-5-3-11(4-6-12)16(17,18)19/h11-13H,3-9H2,1-2H3,(H2,20,21,22). The van der Waals surface area contributed by atoms with E-state index in [1.54, 1.807) is 0 Å². The van der Waals surface area contributed by atoms with Crippen LogP contribution >= 0.6 is 0 Å². The number of aliphatic imine (C=N–C) groups is 1. The number of aryl methyl sites for hydroxylation is 1. The molecule has 0 aromatic carbocycles. The molecule has 0 unspecified atom stereocenters. The van der Waals surface area contributed by atoms with Crippen LogP contribution in [0.2, 0.25) is 0 Å². The summed E-state index contributed by atoms with van der Waals surface area (Å²) in [5.41, 5.74) is 0. The largest absolute Gasteiger partial charge is 0.391 e. The smallest absolute Gasteiger partial charge is 0.354 e. The summed E-state index contributed by atoms with van der Waals surface area (Å²) in [6.07, 6.45) is -0.482. The first kappa shape index (κ1) is 18.0. The fourth-order valence-corrected chi connectivity index (χ4v) is 3.05. The molecule has 0 amide bonds. The molecular weight excluding hydrogens is 333 g/mol. The van der Waals surface area contributed by atoms with Crippen molar-refractivity contribution in [1.82, 2.24) is 25.4 Å². The molecule has 2 saturated carbocycles. The predicted octanol–water partition coefficient (Wildman–Crippen LogP) is 2.44. The van der Waals surface area contributed by atoms with Gasteiger partial charge in [0.25, 0.3) is 0 Å². The van der Waals surface area contributed by atoms with Crippen molar-refractivity contribution in [3.8, 4) is 0 Å². The van der Waals surface area contributed by atoms with Crippen LogP contribution in [0.5, 0.6) is 0 Å². The molecule has 1 heterocycles. The Morgan fingerprint density at radius 2 is 1.64 bits per heavy atom. The second-order valence-electron chi connectivity index (χ2n) is 7.04. The van der Waals surface area contributed by atoms with E-state index in [1.165, 1.54) is 0 Å². The average molecular weight is 358 g/mol. The van der Waals surface area contributed by atoms with Crippen LogP contribution in [-0.4, -0.2) is 39.0 Å². The maximum Gasteiger partial charge on any atom is 0.391 e. The van der Waals surface area contributed by atoms with Gasteiger partial charge in [-0.3, -0.25) is 0 Å². The first-order valence-corrected chi connectivity index (χ1v) is 8.82. The van der Waals surface area contributed by atoms with E-state index in [0.717, 1.165) is 24.5 Å². The van der Waals surface area contributed by atoms with Crippen LogP contribution in [-0.2, 0) is 13.6 Å². The topological polar surface area (TPSA) is 67.1 Å². The van der Waals surface area contributed by atoms with E-state index in [-0.39, 0.29) is 18.9 Å². The van der Waals surface area contributed by atoms with Crippen LogP contribution < -0.4 is 10.6 Å². The Labute approximate surface area is 145 Å². The number of hydrogen-bond donors (Lipinski definition) is 2. The van der Waals surface area contributed by atoms with Crippen LogP contribution in [0.1, 0.15) is 50.2 Å². The molecule has 0 bridgehead atoms. The van der Waals surface area contributed by atoms with Gasteiger partial charge in [-0.25, -0.2) is 4.99 Å². The van der Waals surface area contributed by atoms with Crippen LogP contribution in [0, 0.1) is 12.8 Å². The summed E-state index contributed by atoms with van der Waals surface area (Å²) in [4.78, 5) is 4.56. The number of halogens is 3. The highest BCUT2D eigenvalue weighted by Gasteiger charge is 2.41. The van der Waals surface area contributed by atoms with Crippen molar-refractivity contribution in [2.24, 2.45) is 18.0 Å². The van der Waals surface area contributed by atoms with Gasteiger partial charge in [0, 0.05) is 19.1 Å². The lowest BCUT2D eigenvalue weighted by atomic mass is 9.85. The van der Waals surface area contributed by atoms with E-state index in [1.807, 2.05) is 18.5 Å². The Kier molecular flexibility index (Phi) is 5.19. The summed E-state index contributed by atoms with van der Waals surface area (Å²) in [5, 5.41) is 14.7. The molecule has 1 aromatic rings. The van der Waals surface area contributed by atoms with Gasteiger partial charge in [0.15, 0.2) is 11.8 Å². The molecule has 0 spiro atoms. The van der Waals surface area contributed by atoms with Gasteiger partial charge in [0.05, 0.1) is 5.92 Å². The molecule has 0 radical (unpaired) electrons. The van der Waals surface area contributed by atoms with E-state index in [9.17, 15) is 13.2 Å². The van der Waals surface area contributed by atoms with Crippen molar-refractivity contribution in [3.05, 3.63) is 11.6 Å². The molecule has 9 heteroatoms. The molecule has 2 aliphatic carbocycles. The van der Waals surface area contributed by atoms with Crippen LogP contribution in [0.3, 0.4) is 0 Å². The van der Waals surface area contributed by atoms with Crippen molar-refractivity contribution in [2.45, 2.75) is 70.3 Å². The van der Waals surface area contributed by atoms with Gasteiger partial charge >= 0.3 is 6.18 Å². The Hall–Kier alpha value is -1.80. The van der Waals surface area contributed by atoms with Crippen molar-refractivity contribution in [2.75, 3.05) is 0 Å². The molecule has 0 aliphatic heterocycles. The van der Waals surface area contributed by atoms with Crippen LogP contribution in [0.4, 0.5) is 13.2 Å². The van der Waals surface area contributed by atoms with Gasteiger partial charge in [-0.2, -0.15) is 13.2 Å². The zero-order chi connectivity index (χ0) is 18.0. The van der Waals surface area contributed by atoms with Crippen molar-refractivity contribution in [1.29, 1.82) is 0 Å². The third-order valence-corrected chi connectivity index (χ3v) is 5.01. The molecular formula is C16H25F3N6. The summed E-state index contributed by atoms with van der Waals surface area (Å²) in [6.45, 7) is 2.26. The van der Waals surface area contributed by atoms with Crippen LogP contribution in [0.25, 0.3) is 0 Å². The maximum absolute atomic E-state index is 12.8. The van der Waals surface area contributed by atoms with Crippen molar-refractivity contribution < 1.29 is 13.2 Å². The second kappa shape index (κ2) is 7.21. The highest BCUT2D eigenvalue weighted by atomic mass is 19.4. The first-order valence-electron chi connectivity index (χ1n) is 8.82. The Morgan fingerprint density at radius 3 is 2.08 bits per heavy atom. The van der Waals surface area contributed by atoms with Gasteiger partial charge < -0.3 is 15.2 Å². The van der Waals surface area contributed by atoms with Crippen molar-refractivity contribution >= 4 is 5.96 Å². The summed E-state index contributed by atoms with van der Waals surface area (Å²) in [5.74, 6) is 1.08. The molecule has 25 heavy (non-hydrogen) atoms. The maximum atomic E-state index is 12.8. The molecule has 3 rings (SSSR count). The van der Waals surface area contributed by atoms with E-state index in [0.29, 0.717) is 31.4 Å². The number of aromatic nitrogens is 3. The molecule has 2 fully saturated rings. The molecule has 140 valence electrons. The first-order chi connectivity index (χ1) is 11.8. The molecule has 2 aliphatic rings. The normalized spacial score (nSPS) is 25.1. The minimum atomic E-state index is -4.07. The van der Waals surface area contributed by atoms with E-state index < -0.39 is 12.1 Å². The summed E-state index contributed by atoms with van der Waals surface area (Å²) in [7, 11) is 1.89. The van der Waals surface area contributed by atoms with E-state index in [2.05, 4.69) is 25.8 Å². The minimum absolute atomic E-state index is 0.0323. The summed E-state index contributed by atoms with van der Waals surface area (Å²) < 4.78 is 40.2. The molecule has 0 atom stereocenters. The Balaban J connectivity index is 1.58. The number of nitrogens with zero attached hydrogens (tertiary/aromatic N) is 4. The monoisotopic (exact) mass is 358 g/mol. The van der Waals surface area contributed by atoms with Gasteiger partial charge in [-0.1, -0.05) is 0 Å². The third-order valence-electron chi connectivity index (χ3n) is 5.01. The average Bonchev–Trinajstić information content (AvgIpc) is 3.31. The lowest BCUT2D eigenvalue weighted by Gasteiger charge is -2.31. The SMILES string of the molecule is Cc1nnc(CN=C(NC2CC2)NC2CCC(C(F)(F)F)CC2)n1C. The molecule has 1 aromatic heterocycles. The lowest BCUT2D eigenvalue weighted by molar-refractivity contribution is -0.182. The zero-order valence-electron chi connectivity index (χ0n) is 14.6. The highest BCUT2D eigenvalue weighted by Crippen LogP contribution is 2.37. The van der Waals surface area contributed by atoms with Gasteiger partial charge in [0.1, 0.15) is 12.4 Å². The van der Waals surface area contributed by atoms with Gasteiger partial charge in [-0.15, -0.1) is 10.2 Å². The summed E-state index contributed by atoms with van der Waals surface area (Å²) >= 11 is 0. The Morgan fingerprint density at radius 1 is 1.08 bits per heavy atom. The third kappa shape index (κ3) is 4.85. The van der Waals surface area contributed by atoms with Gasteiger partial charge in [0.2, 0.25) is 0 Å². The van der Waals surface area contributed by atoms with E-state index in [4.69, 9.17) is 0 Å². The van der Waals surface area contributed by atoms with Gasteiger partial charge in [-0.05, 0) is 45.4 Å². The minimum Gasteiger partial charge on any atom is -0.354 e. The second-order valence-corrected chi connectivity index (χ2v) is 7.04. The lowest BCUT2D eigenvalue weighted by Crippen LogP contribution is -2.46. The fraction of sp³-hybridized carbons (Fsp3) is 0.812. The number of nitrogens with one attached hydrogen (secondary N) is 2. The predicted molar refractivity (Wildman–Crippen MR) is 88.0 cm³/mol. The summed E-state index contributed by atoms with van der Waals surface area (Å²) in [6, 6.07) is 0.448. The highest BCUT2D eigenvalue weighted by molar-refractivity contribution is 5.80. The number of rotatable bonds is 4. The number of alkyl halides is 3. The molecule has 0 saturated heterocycles. The number of hydrogen-bond acceptors (Lipinski definition) is 3. The number of guanidine groups is 1. The molecule has 6 nitrogen and oxygen atoms in total. The van der Waals surface area contributed by atoms with E-state index >= 15 is 0 Å². The quantitative estimate of drug-likeness (QED) is 0.641. The van der Waals surface area contributed by atoms with Crippen LogP contribution in [0.15, 0.2) is 4.99 Å². The molecule has 2 N–H and O–H groups in total. The zero-order valence-corrected chi connectivity index (χ0v) is 14.6. The fourth-order valence-electron chi connectivity index (χ4n) is 3.05.